The average molecular weight is 165 g/mol. The van der Waals surface area contributed by atoms with Gasteiger partial charge < -0.3 is 4.90 Å². The van der Waals surface area contributed by atoms with Crippen LogP contribution >= 0.6 is 0 Å². The maximum atomic E-state index is 10.5. The highest BCUT2D eigenvalue weighted by atomic mass is 32.2. The van der Waals surface area contributed by atoms with Crippen LogP contribution in [0.1, 0.15) is 0 Å². The van der Waals surface area contributed by atoms with Gasteiger partial charge in [0.15, 0.2) is 0 Å². The van der Waals surface area contributed by atoms with Gasteiger partial charge in [0.25, 0.3) is 0 Å². The summed E-state index contributed by atoms with van der Waals surface area (Å²) in [4.78, 5) is 1.98. The number of likely N-dealkylation sites (N-methyl/N-ethyl adjacent to an activating group) is 1. The fraction of sp³-hybridized carbons (Fsp3) is 1.00. The van der Waals surface area contributed by atoms with Crippen LogP contribution in [0.5, 0.6) is 0 Å². The van der Waals surface area contributed by atoms with Gasteiger partial charge in [-0.15, -0.1) is 0 Å². The molecular formula is C5H11NO3S. The molecule has 1 aliphatic heterocycles. The van der Waals surface area contributed by atoms with Crippen LogP contribution in [-0.2, 0) is 19.7 Å². The summed E-state index contributed by atoms with van der Waals surface area (Å²) in [6.07, 6.45) is 0. The first-order chi connectivity index (χ1) is 4.70. The van der Waals surface area contributed by atoms with E-state index in [2.05, 4.69) is 0 Å². The molecule has 0 unspecified atom stereocenters. The minimum Gasteiger partial charge on any atom is -0.302 e. The molecule has 5 heteroatoms. The smallest absolute Gasteiger partial charge is 0.302 e. The Kier molecular flexibility index (Phi) is 2.79. The molecule has 0 bridgehead atoms. The molecule has 1 rings (SSSR count). The van der Waals surface area contributed by atoms with Crippen molar-refractivity contribution in [3.8, 4) is 0 Å². The molecule has 0 radical (unpaired) electrons. The molecule has 0 saturated carbocycles. The van der Waals surface area contributed by atoms with Crippen molar-refractivity contribution in [2.45, 2.75) is 6.04 Å². The number of hydrogen-bond acceptors (Lipinski definition) is 4. The average Bonchev–Trinajstić information content (AvgIpc) is 1.88. The van der Waals surface area contributed by atoms with E-state index in [4.69, 9.17) is 8.37 Å². The van der Waals surface area contributed by atoms with Crippen LogP contribution in [-0.4, -0.2) is 42.5 Å². The van der Waals surface area contributed by atoms with E-state index in [9.17, 15) is 4.21 Å². The molecule has 1 fully saturated rings. The van der Waals surface area contributed by atoms with Crippen LogP contribution in [0.15, 0.2) is 0 Å². The summed E-state index contributed by atoms with van der Waals surface area (Å²) in [7, 11) is 3.87. The summed E-state index contributed by atoms with van der Waals surface area (Å²) in [5, 5.41) is 0. The second-order valence-electron chi connectivity index (χ2n) is 2.39. The standard InChI is InChI=1S/C5H11NO3S/c1-6(2)5-3-8-10(7)9-4-5/h5H,3-4H2,1-2H3. The predicted octanol–water partition coefficient (Wildman–Crippen LogP) is -0.458. The Bertz CT molecular complexity index is 129. The quantitative estimate of drug-likeness (QED) is 0.527. The molecule has 0 spiro atoms. The van der Waals surface area contributed by atoms with E-state index in [1.54, 1.807) is 0 Å². The second-order valence-corrected chi connectivity index (χ2v) is 3.27. The van der Waals surface area contributed by atoms with Crippen molar-refractivity contribution >= 4 is 11.4 Å². The summed E-state index contributed by atoms with van der Waals surface area (Å²) in [6, 6.07) is 0.234. The molecule has 10 heavy (non-hydrogen) atoms. The van der Waals surface area contributed by atoms with Gasteiger partial charge >= 0.3 is 11.4 Å². The van der Waals surface area contributed by atoms with E-state index in [0.717, 1.165) is 0 Å². The highest BCUT2D eigenvalue weighted by Gasteiger charge is 2.20. The van der Waals surface area contributed by atoms with Gasteiger partial charge in [-0.1, -0.05) is 0 Å². The molecule has 0 aromatic heterocycles. The van der Waals surface area contributed by atoms with Crippen molar-refractivity contribution in [2.24, 2.45) is 0 Å². The summed E-state index contributed by atoms with van der Waals surface area (Å²) >= 11 is -1.50. The van der Waals surface area contributed by atoms with Gasteiger partial charge in [-0.2, -0.15) is 4.21 Å². The Balaban J connectivity index is 2.33. The molecule has 0 amide bonds. The third-order valence-corrected chi connectivity index (χ3v) is 2.10. The monoisotopic (exact) mass is 165 g/mol. The third-order valence-electron chi connectivity index (χ3n) is 1.44. The van der Waals surface area contributed by atoms with E-state index < -0.39 is 11.4 Å². The molecule has 0 aromatic carbocycles. The third kappa shape index (κ3) is 2.02. The van der Waals surface area contributed by atoms with E-state index in [-0.39, 0.29) is 6.04 Å². The molecule has 0 atom stereocenters. The fourth-order valence-corrected chi connectivity index (χ4v) is 1.25. The lowest BCUT2D eigenvalue weighted by Crippen LogP contribution is -2.40. The van der Waals surface area contributed by atoms with Crippen molar-refractivity contribution in [3.63, 3.8) is 0 Å². The molecule has 0 aromatic rings. The first kappa shape index (κ1) is 8.13. The normalized spacial score (nSPS) is 34.7. The highest BCUT2D eigenvalue weighted by molar-refractivity contribution is 7.75. The van der Waals surface area contributed by atoms with E-state index in [1.807, 2.05) is 19.0 Å². The largest absolute Gasteiger partial charge is 0.304 e. The van der Waals surface area contributed by atoms with Gasteiger partial charge in [0.1, 0.15) is 0 Å². The molecule has 1 heterocycles. The topological polar surface area (TPSA) is 38.8 Å². The lowest BCUT2D eigenvalue weighted by atomic mass is 10.3. The molecule has 4 nitrogen and oxygen atoms in total. The van der Waals surface area contributed by atoms with Gasteiger partial charge in [0.05, 0.1) is 19.3 Å². The predicted molar refractivity (Wildman–Crippen MR) is 37.5 cm³/mol. The Hall–Kier alpha value is 0.0300. The molecule has 1 aliphatic rings. The number of nitrogens with zero attached hydrogens (tertiary/aromatic N) is 1. The van der Waals surface area contributed by atoms with Crippen molar-refractivity contribution in [1.29, 1.82) is 0 Å². The van der Waals surface area contributed by atoms with Crippen LogP contribution < -0.4 is 0 Å². The number of hydrogen-bond donors (Lipinski definition) is 0. The zero-order valence-electron chi connectivity index (χ0n) is 6.07. The van der Waals surface area contributed by atoms with Crippen molar-refractivity contribution < 1.29 is 12.6 Å². The Morgan fingerprint density at radius 1 is 1.40 bits per heavy atom. The minimum atomic E-state index is -1.50. The van der Waals surface area contributed by atoms with E-state index in [0.29, 0.717) is 13.2 Å². The Morgan fingerprint density at radius 3 is 2.30 bits per heavy atom. The van der Waals surface area contributed by atoms with Crippen LogP contribution in [0.25, 0.3) is 0 Å². The van der Waals surface area contributed by atoms with Gasteiger partial charge in [-0.05, 0) is 14.1 Å². The lowest BCUT2D eigenvalue weighted by Gasteiger charge is -2.26. The zero-order valence-corrected chi connectivity index (χ0v) is 6.89. The van der Waals surface area contributed by atoms with Crippen LogP contribution in [0.3, 0.4) is 0 Å². The second kappa shape index (κ2) is 3.43. The maximum Gasteiger partial charge on any atom is 0.304 e. The number of rotatable bonds is 1. The summed E-state index contributed by atoms with van der Waals surface area (Å²) in [5.41, 5.74) is 0. The van der Waals surface area contributed by atoms with Gasteiger partial charge in [0, 0.05) is 0 Å². The zero-order chi connectivity index (χ0) is 7.56. The Morgan fingerprint density at radius 2 is 1.90 bits per heavy atom. The molecule has 0 N–H and O–H groups in total. The van der Waals surface area contributed by atoms with Crippen LogP contribution in [0.4, 0.5) is 0 Å². The van der Waals surface area contributed by atoms with E-state index >= 15 is 0 Å². The summed E-state index contributed by atoms with van der Waals surface area (Å²) in [5.74, 6) is 0. The van der Waals surface area contributed by atoms with Gasteiger partial charge in [-0.25, -0.2) is 0 Å². The first-order valence-corrected chi connectivity index (χ1v) is 4.05. The van der Waals surface area contributed by atoms with E-state index in [1.165, 1.54) is 0 Å². The SMILES string of the molecule is CN(C)C1COS(=O)OC1. The van der Waals surface area contributed by atoms with Crippen molar-refractivity contribution in [2.75, 3.05) is 27.3 Å². The van der Waals surface area contributed by atoms with Crippen molar-refractivity contribution in [1.82, 2.24) is 4.90 Å². The fourth-order valence-electron chi connectivity index (χ4n) is 0.648. The van der Waals surface area contributed by atoms with Crippen LogP contribution in [0, 0.1) is 0 Å². The lowest BCUT2D eigenvalue weighted by molar-refractivity contribution is 0.0897. The Labute approximate surface area is 63.0 Å². The summed E-state index contributed by atoms with van der Waals surface area (Å²) in [6.45, 7) is 0.971. The van der Waals surface area contributed by atoms with Crippen molar-refractivity contribution in [3.05, 3.63) is 0 Å². The maximum absolute atomic E-state index is 10.5. The first-order valence-electron chi connectivity index (χ1n) is 3.05. The molecule has 0 aliphatic carbocycles. The minimum absolute atomic E-state index is 0.234. The highest BCUT2D eigenvalue weighted by Crippen LogP contribution is 2.05. The van der Waals surface area contributed by atoms with Crippen LogP contribution in [0.2, 0.25) is 0 Å². The molecular weight excluding hydrogens is 154 g/mol. The molecule has 1 saturated heterocycles. The summed E-state index contributed by atoms with van der Waals surface area (Å²) < 4.78 is 20.0. The molecule has 60 valence electrons. The van der Waals surface area contributed by atoms with Gasteiger partial charge in [-0.3, -0.25) is 8.37 Å². The van der Waals surface area contributed by atoms with Gasteiger partial charge in [0.2, 0.25) is 0 Å².